The summed E-state index contributed by atoms with van der Waals surface area (Å²) in [5.41, 5.74) is 3.67. The quantitative estimate of drug-likeness (QED) is 0.882. The number of hydrogen-bond acceptors (Lipinski definition) is 3. The maximum atomic E-state index is 12.0. The molecule has 2 aromatic carbocycles. The summed E-state index contributed by atoms with van der Waals surface area (Å²) in [6.45, 7) is 4.28. The van der Waals surface area contributed by atoms with Gasteiger partial charge in [-0.1, -0.05) is 42.0 Å². The molecule has 0 aromatic heterocycles. The lowest BCUT2D eigenvalue weighted by Crippen LogP contribution is -2.28. The molecule has 4 nitrogen and oxygen atoms in total. The number of nitrogens with one attached hydrogen (secondary N) is 1. The van der Waals surface area contributed by atoms with Crippen LogP contribution < -0.4 is 10.1 Å². The second-order valence-corrected chi connectivity index (χ2v) is 5.50. The van der Waals surface area contributed by atoms with E-state index in [2.05, 4.69) is 16.4 Å². The van der Waals surface area contributed by atoms with E-state index in [4.69, 9.17) is 4.74 Å². The summed E-state index contributed by atoms with van der Waals surface area (Å²) in [7, 11) is 0. The number of aliphatic imine (C=N–C) groups is 1. The lowest BCUT2D eigenvalue weighted by Gasteiger charge is -2.04. The molecule has 0 fully saturated rings. The third-order valence-electron chi connectivity index (χ3n) is 3.59. The Morgan fingerprint density at radius 2 is 1.91 bits per heavy atom. The monoisotopic (exact) mass is 306 g/mol. The SMILES string of the molecule is Cc1ccc(C)c(/C=C2/N=C(COc3ccccc3)NC2=O)c1. The van der Waals surface area contributed by atoms with Gasteiger partial charge < -0.3 is 10.1 Å². The Morgan fingerprint density at radius 3 is 2.70 bits per heavy atom. The molecule has 1 aliphatic heterocycles. The van der Waals surface area contributed by atoms with Crippen molar-refractivity contribution in [3.05, 3.63) is 70.9 Å². The molecule has 1 aliphatic rings. The van der Waals surface area contributed by atoms with Crippen LogP contribution in [0.1, 0.15) is 16.7 Å². The average molecular weight is 306 g/mol. The molecule has 4 heteroatoms. The van der Waals surface area contributed by atoms with Crippen molar-refractivity contribution in [1.82, 2.24) is 5.32 Å². The molecule has 2 aromatic rings. The van der Waals surface area contributed by atoms with Gasteiger partial charge in [-0.05, 0) is 43.2 Å². The lowest BCUT2D eigenvalue weighted by molar-refractivity contribution is -0.115. The normalized spacial score (nSPS) is 15.5. The van der Waals surface area contributed by atoms with Crippen LogP contribution in [0.5, 0.6) is 5.75 Å². The van der Waals surface area contributed by atoms with Crippen molar-refractivity contribution in [2.75, 3.05) is 6.61 Å². The van der Waals surface area contributed by atoms with Crippen LogP contribution in [0, 0.1) is 13.8 Å². The number of ether oxygens (including phenoxy) is 1. The van der Waals surface area contributed by atoms with Gasteiger partial charge in [-0.3, -0.25) is 4.79 Å². The summed E-state index contributed by atoms with van der Waals surface area (Å²) in [6.07, 6.45) is 1.81. The molecule has 0 aliphatic carbocycles. The fraction of sp³-hybridized carbons (Fsp3) is 0.158. The fourth-order valence-corrected chi connectivity index (χ4v) is 2.32. The van der Waals surface area contributed by atoms with Gasteiger partial charge in [-0.2, -0.15) is 0 Å². The smallest absolute Gasteiger partial charge is 0.275 e. The molecule has 0 saturated carbocycles. The van der Waals surface area contributed by atoms with Crippen LogP contribution in [-0.2, 0) is 4.79 Å². The van der Waals surface area contributed by atoms with Gasteiger partial charge in [-0.25, -0.2) is 4.99 Å². The molecule has 0 bridgehead atoms. The topological polar surface area (TPSA) is 50.7 Å². The minimum atomic E-state index is -0.197. The third-order valence-corrected chi connectivity index (χ3v) is 3.59. The Kier molecular flexibility index (Phi) is 4.24. The highest BCUT2D eigenvalue weighted by Gasteiger charge is 2.20. The Bertz CT molecular complexity index is 792. The van der Waals surface area contributed by atoms with Gasteiger partial charge in [0.05, 0.1) is 0 Å². The Labute approximate surface area is 135 Å². The van der Waals surface area contributed by atoms with E-state index in [9.17, 15) is 4.79 Å². The van der Waals surface area contributed by atoms with Gasteiger partial charge in [-0.15, -0.1) is 0 Å². The first-order chi connectivity index (χ1) is 11.1. The van der Waals surface area contributed by atoms with E-state index >= 15 is 0 Å². The standard InChI is InChI=1S/C19H18N2O2/c1-13-8-9-14(2)15(10-13)11-17-19(22)21-18(20-17)12-23-16-6-4-3-5-7-16/h3-11H,12H2,1-2H3,(H,20,21,22)/b17-11+. The van der Waals surface area contributed by atoms with Gasteiger partial charge >= 0.3 is 0 Å². The van der Waals surface area contributed by atoms with E-state index in [-0.39, 0.29) is 12.5 Å². The molecular weight excluding hydrogens is 288 g/mol. The third kappa shape index (κ3) is 3.66. The number of benzene rings is 2. The number of para-hydroxylation sites is 1. The minimum Gasteiger partial charge on any atom is -0.486 e. The molecule has 0 unspecified atom stereocenters. The highest BCUT2D eigenvalue weighted by Crippen LogP contribution is 2.17. The summed E-state index contributed by atoms with van der Waals surface area (Å²) in [4.78, 5) is 16.4. The van der Waals surface area contributed by atoms with Gasteiger partial charge in [0, 0.05) is 0 Å². The first-order valence-electron chi connectivity index (χ1n) is 7.47. The largest absolute Gasteiger partial charge is 0.486 e. The molecule has 0 spiro atoms. The highest BCUT2D eigenvalue weighted by atomic mass is 16.5. The number of hydrogen-bond donors (Lipinski definition) is 1. The molecule has 0 saturated heterocycles. The van der Waals surface area contributed by atoms with Crippen LogP contribution in [-0.4, -0.2) is 18.3 Å². The predicted molar refractivity (Wildman–Crippen MR) is 91.4 cm³/mol. The van der Waals surface area contributed by atoms with Crippen molar-refractivity contribution in [1.29, 1.82) is 0 Å². The van der Waals surface area contributed by atoms with E-state index in [0.29, 0.717) is 11.5 Å². The van der Waals surface area contributed by atoms with E-state index in [1.165, 1.54) is 0 Å². The van der Waals surface area contributed by atoms with Crippen LogP contribution >= 0.6 is 0 Å². The number of carbonyl (C=O) groups is 1. The number of rotatable bonds is 4. The number of carbonyl (C=O) groups excluding carboxylic acids is 1. The molecule has 1 amide bonds. The maximum absolute atomic E-state index is 12.0. The van der Waals surface area contributed by atoms with E-state index in [1.807, 2.05) is 62.4 Å². The Morgan fingerprint density at radius 1 is 1.13 bits per heavy atom. The summed E-state index contributed by atoms with van der Waals surface area (Å²) in [5, 5.41) is 2.75. The molecule has 116 valence electrons. The zero-order chi connectivity index (χ0) is 16.2. The second-order valence-electron chi connectivity index (χ2n) is 5.50. The van der Waals surface area contributed by atoms with Crippen LogP contribution in [0.3, 0.4) is 0 Å². The highest BCUT2D eigenvalue weighted by molar-refractivity contribution is 6.14. The van der Waals surface area contributed by atoms with Crippen molar-refractivity contribution in [2.45, 2.75) is 13.8 Å². The summed E-state index contributed by atoms with van der Waals surface area (Å²) in [6, 6.07) is 15.6. The van der Waals surface area contributed by atoms with E-state index in [0.717, 1.165) is 22.4 Å². The number of aryl methyl sites for hydroxylation is 2. The zero-order valence-electron chi connectivity index (χ0n) is 13.2. The van der Waals surface area contributed by atoms with Gasteiger partial charge in [0.1, 0.15) is 23.9 Å². The van der Waals surface area contributed by atoms with Crippen LogP contribution in [0.4, 0.5) is 0 Å². The molecule has 3 rings (SSSR count). The lowest BCUT2D eigenvalue weighted by atomic mass is 10.0. The first-order valence-corrected chi connectivity index (χ1v) is 7.47. The molecule has 23 heavy (non-hydrogen) atoms. The van der Waals surface area contributed by atoms with E-state index in [1.54, 1.807) is 0 Å². The minimum absolute atomic E-state index is 0.197. The summed E-state index contributed by atoms with van der Waals surface area (Å²) >= 11 is 0. The second kappa shape index (κ2) is 6.48. The summed E-state index contributed by atoms with van der Waals surface area (Å²) < 4.78 is 5.61. The molecule has 1 heterocycles. The van der Waals surface area contributed by atoms with Crippen molar-refractivity contribution in [3.8, 4) is 5.75 Å². The van der Waals surface area contributed by atoms with Crippen LogP contribution in [0.25, 0.3) is 6.08 Å². The van der Waals surface area contributed by atoms with E-state index < -0.39 is 0 Å². The van der Waals surface area contributed by atoms with Gasteiger partial charge in [0.2, 0.25) is 0 Å². The Balaban J connectivity index is 1.76. The van der Waals surface area contributed by atoms with Crippen molar-refractivity contribution >= 4 is 17.8 Å². The van der Waals surface area contributed by atoms with Crippen molar-refractivity contribution < 1.29 is 9.53 Å². The molecule has 0 atom stereocenters. The molecular formula is C19H18N2O2. The van der Waals surface area contributed by atoms with Gasteiger partial charge in [0.25, 0.3) is 5.91 Å². The average Bonchev–Trinajstić information content (AvgIpc) is 2.90. The molecule has 1 N–H and O–H groups in total. The fourth-order valence-electron chi connectivity index (χ4n) is 2.32. The number of nitrogens with zero attached hydrogens (tertiary/aromatic N) is 1. The first kappa shape index (κ1) is 15.0. The Hall–Kier alpha value is -2.88. The van der Waals surface area contributed by atoms with Crippen LogP contribution in [0.2, 0.25) is 0 Å². The predicted octanol–water partition coefficient (Wildman–Crippen LogP) is 3.25. The van der Waals surface area contributed by atoms with Crippen molar-refractivity contribution in [3.63, 3.8) is 0 Å². The summed E-state index contributed by atoms with van der Waals surface area (Å²) in [5.74, 6) is 1.07. The van der Waals surface area contributed by atoms with Crippen molar-refractivity contribution in [2.24, 2.45) is 4.99 Å². The number of amidine groups is 1. The van der Waals surface area contributed by atoms with Crippen LogP contribution in [0.15, 0.2) is 59.2 Å². The number of amides is 1. The molecule has 0 radical (unpaired) electrons. The zero-order valence-corrected chi connectivity index (χ0v) is 13.2. The van der Waals surface area contributed by atoms with Gasteiger partial charge in [0.15, 0.2) is 0 Å². The maximum Gasteiger partial charge on any atom is 0.275 e.